The van der Waals surface area contributed by atoms with Gasteiger partial charge >= 0.3 is 11.9 Å². The maximum Gasteiger partial charge on any atom is 0.338 e. The van der Waals surface area contributed by atoms with Crippen LogP contribution >= 0.6 is 0 Å². The lowest BCUT2D eigenvalue weighted by Gasteiger charge is -2.09. The summed E-state index contributed by atoms with van der Waals surface area (Å²) >= 11 is 0. The van der Waals surface area contributed by atoms with E-state index in [9.17, 15) is 9.59 Å². The van der Waals surface area contributed by atoms with Crippen molar-refractivity contribution in [3.05, 3.63) is 35.4 Å². The van der Waals surface area contributed by atoms with Crippen molar-refractivity contribution in [1.82, 2.24) is 0 Å². The van der Waals surface area contributed by atoms with Gasteiger partial charge in [-0.1, -0.05) is 91.4 Å². The van der Waals surface area contributed by atoms with Crippen LogP contribution in [-0.2, 0) is 9.47 Å². The summed E-state index contributed by atoms with van der Waals surface area (Å²) in [6.45, 7) is 7.40. The van der Waals surface area contributed by atoms with E-state index in [4.69, 9.17) is 9.47 Å². The van der Waals surface area contributed by atoms with Crippen molar-refractivity contribution in [2.75, 3.05) is 13.2 Å². The molecule has 0 radical (unpaired) electrons. The molecule has 4 nitrogen and oxygen atoms in total. The summed E-state index contributed by atoms with van der Waals surface area (Å²) in [5.74, 6) is -0.127. The van der Waals surface area contributed by atoms with Gasteiger partial charge in [0.2, 0.25) is 0 Å². The minimum absolute atomic E-state index is 0.330. The second-order valence-electron chi connectivity index (χ2n) is 8.69. The van der Waals surface area contributed by atoms with Crippen LogP contribution in [0.5, 0.6) is 0 Å². The van der Waals surface area contributed by atoms with Crippen molar-refractivity contribution in [3.8, 4) is 0 Å². The summed E-state index contributed by atoms with van der Waals surface area (Å²) < 4.78 is 10.7. The van der Waals surface area contributed by atoms with Gasteiger partial charge in [0, 0.05) is 0 Å². The smallest absolute Gasteiger partial charge is 0.338 e. The van der Waals surface area contributed by atoms with Crippen molar-refractivity contribution in [3.63, 3.8) is 0 Å². The first-order valence-corrected chi connectivity index (χ1v) is 12.5. The van der Waals surface area contributed by atoms with Gasteiger partial charge in [-0.15, -0.1) is 0 Å². The standard InChI is InChI=1S/C27H44O4/c1-4-6-7-8-9-10-11-12-13-14-15-21-30-26(28)24-16-18-25(19-17-24)27(29)31-22-20-23(3)5-2/h16-19,23H,4-15,20-22H2,1-3H3. The van der Waals surface area contributed by atoms with E-state index in [0.29, 0.717) is 30.3 Å². The molecule has 0 N–H and O–H groups in total. The monoisotopic (exact) mass is 432 g/mol. The van der Waals surface area contributed by atoms with E-state index in [-0.39, 0.29) is 11.9 Å². The molecule has 176 valence electrons. The molecule has 31 heavy (non-hydrogen) atoms. The molecule has 1 atom stereocenters. The fraction of sp³-hybridized carbons (Fsp3) is 0.704. The van der Waals surface area contributed by atoms with Crippen molar-refractivity contribution in [1.29, 1.82) is 0 Å². The van der Waals surface area contributed by atoms with E-state index >= 15 is 0 Å². The Labute approximate surface area is 190 Å². The maximum absolute atomic E-state index is 12.1. The lowest BCUT2D eigenvalue weighted by Crippen LogP contribution is -2.10. The largest absolute Gasteiger partial charge is 0.462 e. The Hall–Kier alpha value is -1.84. The highest BCUT2D eigenvalue weighted by Crippen LogP contribution is 2.13. The molecule has 0 heterocycles. The van der Waals surface area contributed by atoms with E-state index in [2.05, 4.69) is 20.8 Å². The Morgan fingerprint density at radius 1 is 0.677 bits per heavy atom. The van der Waals surface area contributed by atoms with Crippen LogP contribution in [0.25, 0.3) is 0 Å². The van der Waals surface area contributed by atoms with Crippen LogP contribution in [0.1, 0.15) is 125 Å². The van der Waals surface area contributed by atoms with Gasteiger partial charge in [-0.2, -0.15) is 0 Å². The fourth-order valence-corrected chi connectivity index (χ4v) is 3.40. The Bertz CT molecular complexity index is 594. The highest BCUT2D eigenvalue weighted by molar-refractivity contribution is 5.93. The molecule has 0 saturated carbocycles. The topological polar surface area (TPSA) is 52.6 Å². The number of unbranched alkanes of at least 4 members (excludes halogenated alkanes) is 10. The number of ether oxygens (including phenoxy) is 2. The lowest BCUT2D eigenvalue weighted by atomic mass is 10.1. The predicted octanol–water partition coefficient (Wildman–Crippen LogP) is 7.75. The third-order valence-electron chi connectivity index (χ3n) is 5.88. The SMILES string of the molecule is CCCCCCCCCCCCCOC(=O)c1ccc(C(=O)OCCC(C)CC)cc1. The van der Waals surface area contributed by atoms with E-state index in [1.807, 2.05) is 0 Å². The van der Waals surface area contributed by atoms with Crippen molar-refractivity contribution in [2.45, 2.75) is 104 Å². The summed E-state index contributed by atoms with van der Waals surface area (Å²) in [5.41, 5.74) is 0.935. The third kappa shape index (κ3) is 13.2. The lowest BCUT2D eigenvalue weighted by molar-refractivity contribution is 0.0475. The van der Waals surface area contributed by atoms with Crippen LogP contribution in [0.3, 0.4) is 0 Å². The molecule has 0 spiro atoms. The first-order valence-electron chi connectivity index (χ1n) is 12.5. The molecule has 1 aromatic carbocycles. The van der Waals surface area contributed by atoms with Gasteiger partial charge in [-0.05, 0) is 43.0 Å². The number of benzene rings is 1. The summed E-state index contributed by atoms with van der Waals surface area (Å²) in [6.07, 6.45) is 15.9. The molecule has 0 aliphatic rings. The Kier molecular flexibility index (Phi) is 15.6. The molecule has 1 aromatic rings. The van der Waals surface area contributed by atoms with Gasteiger partial charge in [0.15, 0.2) is 0 Å². The fourth-order valence-electron chi connectivity index (χ4n) is 3.40. The van der Waals surface area contributed by atoms with Crippen LogP contribution in [0.2, 0.25) is 0 Å². The zero-order valence-corrected chi connectivity index (χ0v) is 20.1. The molecular formula is C27H44O4. The third-order valence-corrected chi connectivity index (χ3v) is 5.88. The van der Waals surface area contributed by atoms with Gasteiger partial charge in [0.05, 0.1) is 24.3 Å². The van der Waals surface area contributed by atoms with Crippen molar-refractivity contribution >= 4 is 11.9 Å². The second kappa shape index (κ2) is 17.8. The summed E-state index contributed by atoms with van der Waals surface area (Å²) in [4.78, 5) is 24.2. The quantitative estimate of drug-likeness (QED) is 0.176. The number of carbonyl (C=O) groups excluding carboxylic acids is 2. The van der Waals surface area contributed by atoms with E-state index in [1.54, 1.807) is 24.3 Å². The minimum atomic E-state index is -0.343. The zero-order chi connectivity index (χ0) is 22.7. The Balaban J connectivity index is 2.11. The molecule has 1 unspecified atom stereocenters. The van der Waals surface area contributed by atoms with Gasteiger partial charge in [0.1, 0.15) is 0 Å². The average molecular weight is 433 g/mol. The van der Waals surface area contributed by atoms with Crippen LogP contribution in [0.4, 0.5) is 0 Å². The molecule has 0 saturated heterocycles. The highest BCUT2D eigenvalue weighted by atomic mass is 16.5. The van der Waals surface area contributed by atoms with Gasteiger partial charge < -0.3 is 9.47 Å². The van der Waals surface area contributed by atoms with Crippen molar-refractivity contribution < 1.29 is 19.1 Å². The molecule has 0 aliphatic carbocycles. The molecule has 0 bridgehead atoms. The zero-order valence-electron chi connectivity index (χ0n) is 20.1. The summed E-state index contributed by atoms with van der Waals surface area (Å²) in [5, 5.41) is 0. The summed E-state index contributed by atoms with van der Waals surface area (Å²) in [6, 6.07) is 6.52. The van der Waals surface area contributed by atoms with Gasteiger partial charge in [0.25, 0.3) is 0 Å². The average Bonchev–Trinajstić information content (AvgIpc) is 2.79. The predicted molar refractivity (Wildman–Crippen MR) is 128 cm³/mol. The molecule has 4 heteroatoms. The summed E-state index contributed by atoms with van der Waals surface area (Å²) in [7, 11) is 0. The Morgan fingerprint density at radius 3 is 1.55 bits per heavy atom. The second-order valence-corrected chi connectivity index (χ2v) is 8.69. The maximum atomic E-state index is 12.1. The molecular weight excluding hydrogens is 388 g/mol. The number of esters is 2. The van der Waals surface area contributed by atoms with Crippen molar-refractivity contribution in [2.24, 2.45) is 5.92 Å². The van der Waals surface area contributed by atoms with E-state index in [1.165, 1.54) is 57.8 Å². The van der Waals surface area contributed by atoms with Crippen LogP contribution in [0.15, 0.2) is 24.3 Å². The van der Waals surface area contributed by atoms with E-state index < -0.39 is 0 Å². The number of hydrogen-bond donors (Lipinski definition) is 0. The van der Waals surface area contributed by atoms with Crippen LogP contribution < -0.4 is 0 Å². The normalized spacial score (nSPS) is 11.8. The molecule has 1 rings (SSSR count). The molecule has 0 aromatic heterocycles. The molecule has 0 aliphatic heterocycles. The van der Waals surface area contributed by atoms with Gasteiger partial charge in [-0.3, -0.25) is 0 Å². The van der Waals surface area contributed by atoms with Gasteiger partial charge in [-0.25, -0.2) is 9.59 Å². The minimum Gasteiger partial charge on any atom is -0.462 e. The first kappa shape index (κ1) is 27.2. The molecule has 0 amide bonds. The highest BCUT2D eigenvalue weighted by Gasteiger charge is 2.11. The van der Waals surface area contributed by atoms with E-state index in [0.717, 1.165) is 25.7 Å². The van der Waals surface area contributed by atoms with Crippen LogP contribution in [-0.4, -0.2) is 25.2 Å². The number of carbonyl (C=O) groups is 2. The van der Waals surface area contributed by atoms with Crippen LogP contribution in [0, 0.1) is 5.92 Å². The number of rotatable bonds is 18. The first-order chi connectivity index (χ1) is 15.1. The number of hydrogen-bond acceptors (Lipinski definition) is 4. The Morgan fingerprint density at radius 2 is 1.10 bits per heavy atom. The molecule has 0 fully saturated rings.